The number of nitrogens with zero attached hydrogens (tertiary/aromatic N) is 2. The molecule has 8 heteroatoms. The number of halogens is 1. The summed E-state index contributed by atoms with van der Waals surface area (Å²) in [4.78, 5) is 16.0. The lowest BCUT2D eigenvalue weighted by Crippen LogP contribution is -2.13. The molecule has 0 aliphatic heterocycles. The van der Waals surface area contributed by atoms with Gasteiger partial charge in [-0.2, -0.15) is 4.98 Å². The first-order valence-electron chi connectivity index (χ1n) is 6.61. The van der Waals surface area contributed by atoms with E-state index < -0.39 is 0 Å². The number of rotatable bonds is 6. The number of methoxy groups -OCH3 is 1. The summed E-state index contributed by atoms with van der Waals surface area (Å²) >= 11 is 0. The van der Waals surface area contributed by atoms with Gasteiger partial charge < -0.3 is 20.3 Å². The molecule has 0 unspecified atom stereocenters. The molecule has 0 fully saturated rings. The van der Waals surface area contributed by atoms with E-state index >= 15 is 0 Å². The highest BCUT2D eigenvalue weighted by Crippen LogP contribution is 2.24. The van der Waals surface area contributed by atoms with Crippen molar-refractivity contribution < 1.29 is 14.1 Å². The van der Waals surface area contributed by atoms with Crippen molar-refractivity contribution in [1.82, 2.24) is 10.1 Å². The molecule has 0 bridgehead atoms. The van der Waals surface area contributed by atoms with Gasteiger partial charge in [-0.15, -0.1) is 12.4 Å². The van der Waals surface area contributed by atoms with Crippen molar-refractivity contribution in [2.45, 2.75) is 26.2 Å². The standard InChI is InChI=1S/C14H18N4O3.ClH/c1-9-16-14(21-18-9)5-3-4-13(19)17-12-8-10(20-2)6-7-11(12)15;/h6-8H,3-5,15H2,1-2H3,(H,17,19);1H. The molecule has 0 saturated heterocycles. The van der Waals surface area contributed by atoms with E-state index in [0.717, 1.165) is 0 Å². The number of ether oxygens (including phenoxy) is 1. The van der Waals surface area contributed by atoms with E-state index in [1.807, 2.05) is 0 Å². The number of hydrogen-bond acceptors (Lipinski definition) is 6. The smallest absolute Gasteiger partial charge is 0.226 e. The number of hydrogen-bond donors (Lipinski definition) is 2. The predicted octanol–water partition coefficient (Wildman–Crippen LogP) is 2.35. The molecule has 120 valence electrons. The Balaban J connectivity index is 0.00000242. The highest BCUT2D eigenvalue weighted by molar-refractivity contribution is 5.94. The first-order chi connectivity index (χ1) is 10.1. The van der Waals surface area contributed by atoms with Crippen LogP contribution in [0.15, 0.2) is 22.7 Å². The fourth-order valence-electron chi connectivity index (χ4n) is 1.83. The van der Waals surface area contributed by atoms with E-state index in [1.54, 1.807) is 32.2 Å². The molecule has 0 aliphatic rings. The second kappa shape index (κ2) is 8.23. The molecular weight excluding hydrogens is 308 g/mol. The van der Waals surface area contributed by atoms with Gasteiger partial charge >= 0.3 is 0 Å². The summed E-state index contributed by atoms with van der Waals surface area (Å²) in [6.45, 7) is 1.76. The minimum Gasteiger partial charge on any atom is -0.497 e. The molecule has 2 aromatic rings. The summed E-state index contributed by atoms with van der Waals surface area (Å²) in [6, 6.07) is 5.12. The Morgan fingerprint density at radius 3 is 2.86 bits per heavy atom. The molecule has 1 heterocycles. The zero-order chi connectivity index (χ0) is 15.2. The second-order valence-electron chi connectivity index (χ2n) is 4.59. The molecular formula is C14H19ClN4O3. The predicted molar refractivity (Wildman–Crippen MR) is 85.3 cm³/mol. The topological polar surface area (TPSA) is 103 Å². The zero-order valence-corrected chi connectivity index (χ0v) is 13.3. The second-order valence-corrected chi connectivity index (χ2v) is 4.59. The molecule has 1 aromatic carbocycles. The molecule has 0 radical (unpaired) electrons. The lowest BCUT2D eigenvalue weighted by Gasteiger charge is -2.09. The van der Waals surface area contributed by atoms with Crippen molar-refractivity contribution in [2.24, 2.45) is 0 Å². The third kappa shape index (κ3) is 4.92. The molecule has 0 spiro atoms. The first kappa shape index (κ1) is 17.8. The number of aryl methyl sites for hydroxylation is 2. The number of nitrogens with one attached hydrogen (secondary N) is 1. The molecule has 0 aliphatic carbocycles. The van der Waals surface area contributed by atoms with E-state index in [2.05, 4.69) is 15.5 Å². The minimum atomic E-state index is -0.119. The van der Waals surface area contributed by atoms with E-state index in [9.17, 15) is 4.79 Å². The van der Waals surface area contributed by atoms with Crippen molar-refractivity contribution in [3.05, 3.63) is 29.9 Å². The molecule has 22 heavy (non-hydrogen) atoms. The van der Waals surface area contributed by atoms with E-state index in [4.69, 9.17) is 15.0 Å². The normalized spacial score (nSPS) is 9.91. The van der Waals surface area contributed by atoms with Crippen LogP contribution in [-0.2, 0) is 11.2 Å². The largest absolute Gasteiger partial charge is 0.497 e. The maximum atomic E-state index is 11.9. The Morgan fingerprint density at radius 1 is 1.45 bits per heavy atom. The zero-order valence-electron chi connectivity index (χ0n) is 12.5. The number of nitrogens with two attached hydrogens (primary N) is 1. The van der Waals surface area contributed by atoms with Gasteiger partial charge in [0.15, 0.2) is 5.82 Å². The lowest BCUT2D eigenvalue weighted by molar-refractivity contribution is -0.116. The van der Waals surface area contributed by atoms with Crippen LogP contribution in [0.4, 0.5) is 11.4 Å². The number of carbonyl (C=O) groups excluding carboxylic acids is 1. The van der Waals surface area contributed by atoms with Crippen LogP contribution in [0.3, 0.4) is 0 Å². The molecule has 0 saturated carbocycles. The summed E-state index contributed by atoms with van der Waals surface area (Å²) in [5.41, 5.74) is 6.86. The van der Waals surface area contributed by atoms with Crippen LogP contribution < -0.4 is 15.8 Å². The first-order valence-corrected chi connectivity index (χ1v) is 6.61. The highest BCUT2D eigenvalue weighted by atomic mass is 35.5. The number of benzene rings is 1. The van der Waals surface area contributed by atoms with Crippen LogP contribution in [0.5, 0.6) is 5.75 Å². The number of anilines is 2. The van der Waals surface area contributed by atoms with E-state index in [-0.39, 0.29) is 18.3 Å². The van der Waals surface area contributed by atoms with Gasteiger partial charge in [0.2, 0.25) is 11.8 Å². The van der Waals surface area contributed by atoms with Crippen molar-refractivity contribution >= 4 is 29.7 Å². The Bertz CT molecular complexity index is 630. The summed E-state index contributed by atoms with van der Waals surface area (Å²) in [6.07, 6.45) is 1.54. The third-order valence-corrected chi connectivity index (χ3v) is 2.90. The van der Waals surface area contributed by atoms with Crippen LogP contribution in [0.1, 0.15) is 24.6 Å². The van der Waals surface area contributed by atoms with E-state index in [0.29, 0.717) is 48.1 Å². The summed E-state index contributed by atoms with van der Waals surface area (Å²) in [5, 5.41) is 6.46. The van der Waals surface area contributed by atoms with Crippen molar-refractivity contribution in [3.8, 4) is 5.75 Å². The molecule has 0 atom stereocenters. The molecule has 2 rings (SSSR count). The third-order valence-electron chi connectivity index (χ3n) is 2.90. The quantitative estimate of drug-likeness (QED) is 0.790. The van der Waals surface area contributed by atoms with Crippen molar-refractivity contribution in [1.29, 1.82) is 0 Å². The SMILES string of the molecule is COc1ccc(N)c(NC(=O)CCCc2nc(C)no2)c1.Cl. The van der Waals surface area contributed by atoms with Gasteiger partial charge in [0, 0.05) is 18.9 Å². The average molecular weight is 327 g/mol. The average Bonchev–Trinajstić information content (AvgIpc) is 2.87. The monoisotopic (exact) mass is 326 g/mol. The van der Waals surface area contributed by atoms with Crippen molar-refractivity contribution in [2.75, 3.05) is 18.2 Å². The van der Waals surface area contributed by atoms with Gasteiger partial charge in [-0.25, -0.2) is 0 Å². The minimum absolute atomic E-state index is 0. The summed E-state index contributed by atoms with van der Waals surface area (Å²) in [7, 11) is 1.56. The van der Waals surface area contributed by atoms with Gasteiger partial charge in [-0.3, -0.25) is 4.79 Å². The molecule has 1 amide bonds. The fraction of sp³-hybridized carbons (Fsp3) is 0.357. The number of amides is 1. The van der Waals surface area contributed by atoms with Gasteiger partial charge in [-0.05, 0) is 25.5 Å². The van der Waals surface area contributed by atoms with Crippen molar-refractivity contribution in [3.63, 3.8) is 0 Å². The molecule has 3 N–H and O–H groups in total. The maximum absolute atomic E-state index is 11.9. The number of carbonyl (C=O) groups is 1. The van der Waals surface area contributed by atoms with Crippen LogP contribution in [0.25, 0.3) is 0 Å². The molecule has 7 nitrogen and oxygen atoms in total. The summed E-state index contributed by atoms with van der Waals surface area (Å²) in [5.74, 6) is 1.66. The summed E-state index contributed by atoms with van der Waals surface area (Å²) < 4.78 is 10.1. The van der Waals surface area contributed by atoms with Gasteiger partial charge in [0.05, 0.1) is 18.5 Å². The van der Waals surface area contributed by atoms with Crippen LogP contribution in [0.2, 0.25) is 0 Å². The Kier molecular flexibility index (Phi) is 6.65. The number of nitrogen functional groups attached to an aromatic ring is 1. The Hall–Kier alpha value is -2.28. The maximum Gasteiger partial charge on any atom is 0.226 e. The van der Waals surface area contributed by atoms with Gasteiger partial charge in [-0.1, -0.05) is 5.16 Å². The number of aromatic nitrogens is 2. The molecule has 1 aromatic heterocycles. The van der Waals surface area contributed by atoms with E-state index in [1.165, 1.54) is 0 Å². The lowest BCUT2D eigenvalue weighted by atomic mass is 10.2. The van der Waals surface area contributed by atoms with Gasteiger partial charge in [0.25, 0.3) is 0 Å². The van der Waals surface area contributed by atoms with Crippen LogP contribution in [0, 0.1) is 6.92 Å². The Labute approximate surface area is 134 Å². The van der Waals surface area contributed by atoms with Crippen LogP contribution >= 0.6 is 12.4 Å². The highest BCUT2D eigenvalue weighted by Gasteiger charge is 2.08. The van der Waals surface area contributed by atoms with Crippen LogP contribution in [-0.4, -0.2) is 23.2 Å². The Morgan fingerprint density at radius 2 is 2.23 bits per heavy atom. The van der Waals surface area contributed by atoms with Gasteiger partial charge in [0.1, 0.15) is 5.75 Å². The fourth-order valence-corrected chi connectivity index (χ4v) is 1.83.